The Morgan fingerprint density at radius 1 is 1.28 bits per heavy atom. The second kappa shape index (κ2) is 18.5. The molecule has 1 amide bonds. The lowest BCUT2D eigenvalue weighted by Gasteiger charge is -2.38. The van der Waals surface area contributed by atoms with Crippen LogP contribution < -0.4 is 5.32 Å². The molecule has 0 aromatic heterocycles. The van der Waals surface area contributed by atoms with Crippen LogP contribution in [0, 0.1) is 0 Å². The van der Waals surface area contributed by atoms with Gasteiger partial charge in [-0.05, 0) is 71.1 Å². The number of carbonyl (C=O) groups excluding carboxylic acids is 3. The molecular formula is C35H56N2O10. The molecule has 2 heterocycles. The van der Waals surface area contributed by atoms with Crippen LogP contribution in [0.5, 0.6) is 0 Å². The molecule has 1 fully saturated rings. The van der Waals surface area contributed by atoms with E-state index >= 15 is 0 Å². The third-order valence-electron chi connectivity index (χ3n) is 8.37. The van der Waals surface area contributed by atoms with Gasteiger partial charge in [-0.15, -0.1) is 0 Å². The zero-order valence-electron chi connectivity index (χ0n) is 29.1. The average Bonchev–Trinajstić information content (AvgIpc) is 2.99. The second-order valence-electron chi connectivity index (χ2n) is 13.1. The van der Waals surface area contributed by atoms with E-state index in [-0.39, 0.29) is 37.9 Å². The van der Waals surface area contributed by atoms with E-state index in [1.807, 2.05) is 13.8 Å². The lowest BCUT2D eigenvalue weighted by molar-refractivity contribution is -0.158. The zero-order valence-corrected chi connectivity index (χ0v) is 29.1. The molecule has 8 atom stereocenters. The summed E-state index contributed by atoms with van der Waals surface area (Å²) in [6.07, 6.45) is 3.83. The largest absolute Gasteiger partial charge is 0.454 e. The molecule has 1 unspecified atom stereocenters. The highest BCUT2D eigenvalue weighted by Gasteiger charge is 2.41. The number of aliphatic hydroxyl groups is 3. The molecule has 2 aliphatic heterocycles. The normalized spacial score (nSPS) is 29.0. The molecule has 0 radical (unpaired) electrons. The van der Waals surface area contributed by atoms with Crippen LogP contribution in [0.2, 0.25) is 0 Å². The number of ether oxygens (including phenoxy) is 4. The number of cyclic esters (lactones) is 1. The third-order valence-corrected chi connectivity index (χ3v) is 8.37. The van der Waals surface area contributed by atoms with Crippen LogP contribution in [0.15, 0.2) is 48.1 Å². The van der Waals surface area contributed by atoms with Gasteiger partial charge in [0.05, 0.1) is 36.4 Å². The molecule has 12 nitrogen and oxygen atoms in total. The van der Waals surface area contributed by atoms with Crippen molar-refractivity contribution in [3.63, 3.8) is 0 Å². The van der Waals surface area contributed by atoms with Gasteiger partial charge in [0.25, 0.3) is 0 Å². The van der Waals surface area contributed by atoms with E-state index in [4.69, 9.17) is 18.9 Å². The van der Waals surface area contributed by atoms with Crippen molar-refractivity contribution < 1.29 is 48.7 Å². The molecule has 12 heteroatoms. The number of amides is 1. The van der Waals surface area contributed by atoms with E-state index in [2.05, 4.69) is 11.9 Å². The number of aliphatic hydroxyl groups excluding tert-OH is 2. The summed E-state index contributed by atoms with van der Waals surface area (Å²) in [5.41, 5.74) is -1.68. The minimum Gasteiger partial charge on any atom is -0.454 e. The van der Waals surface area contributed by atoms with E-state index in [9.17, 15) is 29.7 Å². The van der Waals surface area contributed by atoms with Crippen molar-refractivity contribution in [3.05, 3.63) is 48.1 Å². The number of hydrogen-bond donors (Lipinski definition) is 4. The van der Waals surface area contributed by atoms with Gasteiger partial charge in [0.2, 0.25) is 0 Å². The Bertz CT molecular complexity index is 1160. The molecule has 0 aromatic carbocycles. The first kappa shape index (κ1) is 40.1. The van der Waals surface area contributed by atoms with Gasteiger partial charge in [-0.25, -0.2) is 4.79 Å². The molecule has 266 valence electrons. The van der Waals surface area contributed by atoms with Crippen LogP contribution in [0.4, 0.5) is 4.79 Å². The molecule has 2 aliphatic rings. The highest BCUT2D eigenvalue weighted by molar-refractivity contribution is 5.71. The number of esters is 2. The highest BCUT2D eigenvalue weighted by Crippen LogP contribution is 2.30. The van der Waals surface area contributed by atoms with Crippen LogP contribution in [0.3, 0.4) is 0 Å². The zero-order chi connectivity index (χ0) is 35.4. The molecule has 0 aromatic rings. The number of rotatable bonds is 11. The quantitative estimate of drug-likeness (QED) is 0.145. The summed E-state index contributed by atoms with van der Waals surface area (Å²) >= 11 is 0. The Morgan fingerprint density at radius 3 is 2.55 bits per heavy atom. The van der Waals surface area contributed by atoms with Crippen molar-refractivity contribution in [2.24, 2.45) is 0 Å². The molecule has 2 rings (SSSR count). The maximum absolute atomic E-state index is 13.1. The fourth-order valence-electron chi connectivity index (χ4n) is 5.58. The van der Waals surface area contributed by atoms with Gasteiger partial charge < -0.3 is 44.5 Å². The predicted octanol–water partition coefficient (Wildman–Crippen LogP) is 3.50. The van der Waals surface area contributed by atoms with Crippen LogP contribution in [-0.4, -0.2) is 112 Å². The fraction of sp³-hybridized carbons (Fsp3) is 0.686. The Labute approximate surface area is 279 Å². The first-order valence-corrected chi connectivity index (χ1v) is 16.5. The van der Waals surface area contributed by atoms with E-state index in [1.54, 1.807) is 63.0 Å². The second-order valence-corrected chi connectivity index (χ2v) is 13.1. The number of allylic oxidation sites excluding steroid dienone is 2. The Hall–Kier alpha value is -3.03. The van der Waals surface area contributed by atoms with Gasteiger partial charge >= 0.3 is 18.0 Å². The maximum Gasteiger partial charge on any atom is 0.410 e. The number of nitrogens with zero attached hydrogens (tertiary/aromatic N) is 1. The van der Waals surface area contributed by atoms with Crippen molar-refractivity contribution in [3.8, 4) is 0 Å². The van der Waals surface area contributed by atoms with Gasteiger partial charge in [0.1, 0.15) is 6.10 Å². The molecule has 0 spiro atoms. The molecular weight excluding hydrogens is 608 g/mol. The van der Waals surface area contributed by atoms with Crippen molar-refractivity contribution in [2.45, 2.75) is 128 Å². The lowest BCUT2D eigenvalue weighted by Crippen LogP contribution is -2.52. The average molecular weight is 665 g/mol. The molecule has 1 saturated heterocycles. The van der Waals surface area contributed by atoms with Crippen molar-refractivity contribution in [2.75, 3.05) is 26.2 Å². The number of carbonyl (C=O) groups is 3. The Balaban J connectivity index is 2.32. The lowest BCUT2D eigenvalue weighted by atomic mass is 9.89. The van der Waals surface area contributed by atoms with Gasteiger partial charge in [-0.3, -0.25) is 9.59 Å². The highest BCUT2D eigenvalue weighted by atomic mass is 16.6. The first-order valence-electron chi connectivity index (χ1n) is 16.5. The van der Waals surface area contributed by atoms with Crippen molar-refractivity contribution in [1.82, 2.24) is 10.2 Å². The van der Waals surface area contributed by atoms with Crippen LogP contribution in [0.25, 0.3) is 0 Å². The van der Waals surface area contributed by atoms with Gasteiger partial charge in [-0.1, -0.05) is 37.8 Å². The van der Waals surface area contributed by atoms with Gasteiger partial charge in [-0.2, -0.15) is 0 Å². The Morgan fingerprint density at radius 2 is 1.94 bits per heavy atom. The number of nitrogens with one attached hydrogen (secondary N) is 1. The third kappa shape index (κ3) is 13.5. The fourth-order valence-corrected chi connectivity index (χ4v) is 5.58. The van der Waals surface area contributed by atoms with E-state index in [0.29, 0.717) is 43.7 Å². The number of hydrogen-bond acceptors (Lipinski definition) is 11. The topological polar surface area (TPSA) is 164 Å². The van der Waals surface area contributed by atoms with E-state index < -0.39 is 53.6 Å². The first-order chi connectivity index (χ1) is 22.0. The van der Waals surface area contributed by atoms with E-state index in [0.717, 1.165) is 0 Å². The summed E-state index contributed by atoms with van der Waals surface area (Å²) < 4.78 is 23.2. The van der Waals surface area contributed by atoms with Crippen molar-refractivity contribution in [1.29, 1.82) is 0 Å². The predicted molar refractivity (Wildman–Crippen MR) is 177 cm³/mol. The monoisotopic (exact) mass is 664 g/mol. The molecule has 0 saturated carbocycles. The van der Waals surface area contributed by atoms with Crippen molar-refractivity contribution >= 4 is 18.0 Å². The molecule has 4 N–H and O–H groups in total. The van der Waals surface area contributed by atoms with Crippen LogP contribution in [0.1, 0.15) is 80.6 Å². The smallest absolute Gasteiger partial charge is 0.410 e. The number of piperazine rings is 1. The van der Waals surface area contributed by atoms with Crippen LogP contribution >= 0.6 is 0 Å². The SMILES string of the molecule is C=C1/C=C/[C@H](OC(C)=O)[C@](C)(OC(=O)N2CCNCC2)CC[C@@H](O)CC(=O)O[C@@H]1/C(C)=C/C=C/[C@](C)(O)C[C@H](C)OC(C)[C@@H](O)CC. The minimum absolute atomic E-state index is 0.0720. The van der Waals surface area contributed by atoms with Gasteiger partial charge in [0, 0.05) is 39.5 Å². The standard InChI is InChI=1S/C35H56N2O10/c1-9-29(40)26(5)44-25(4)22-34(7,43)15-10-11-23(2)32-24(3)12-13-30(45-27(6)38)35(8,16-14-28(39)21-31(41)46-32)47-33(42)37-19-17-36-18-20-37/h10-13,15,25-26,28-30,32,36,39-40,43H,3,9,14,16-22H2,1-2,4-8H3/b13-12+,15-10+,23-11+/t25-,26?,28+,29-,30-,32+,34-,35+/m0/s1. The summed E-state index contributed by atoms with van der Waals surface area (Å²) in [5.74, 6) is -1.24. The summed E-state index contributed by atoms with van der Waals surface area (Å²) in [5, 5.41) is 34.9. The molecule has 47 heavy (non-hydrogen) atoms. The summed E-state index contributed by atoms with van der Waals surface area (Å²) in [6, 6.07) is 0. The summed E-state index contributed by atoms with van der Waals surface area (Å²) in [4.78, 5) is 39.8. The minimum atomic E-state index is -1.36. The maximum atomic E-state index is 13.1. The summed E-state index contributed by atoms with van der Waals surface area (Å²) in [7, 11) is 0. The summed E-state index contributed by atoms with van der Waals surface area (Å²) in [6.45, 7) is 18.0. The van der Waals surface area contributed by atoms with Crippen LogP contribution in [-0.2, 0) is 28.5 Å². The molecule has 0 bridgehead atoms. The Kier molecular flexibility index (Phi) is 15.8. The van der Waals surface area contributed by atoms with Gasteiger partial charge in [0.15, 0.2) is 11.7 Å². The van der Waals surface area contributed by atoms with E-state index in [1.165, 1.54) is 6.92 Å². The molecule has 0 aliphatic carbocycles.